The van der Waals surface area contributed by atoms with Gasteiger partial charge < -0.3 is 5.32 Å². The molecule has 3 nitrogen and oxygen atoms in total. The van der Waals surface area contributed by atoms with Crippen LogP contribution in [0.15, 0.2) is 0 Å². The van der Waals surface area contributed by atoms with E-state index in [0.29, 0.717) is 6.04 Å². The molecule has 0 aromatic carbocycles. The number of aromatic nitrogens is 2. The van der Waals surface area contributed by atoms with E-state index >= 15 is 0 Å². The average molecular weight is 249 g/mol. The molecular formula is C15H27N3. The standard InChI is InChI=1S/C15H27N3/c1-10-6-7-11(2)15(8-10)16-9-14-12(3)17-18(5)13(14)4/h10-11,15-16H,6-9H2,1-5H3. The highest BCUT2D eigenvalue weighted by Gasteiger charge is 2.25. The van der Waals surface area contributed by atoms with Crippen LogP contribution in [0.25, 0.3) is 0 Å². The molecule has 1 aliphatic rings. The van der Waals surface area contributed by atoms with E-state index in [1.807, 2.05) is 11.7 Å². The largest absolute Gasteiger partial charge is 0.310 e. The van der Waals surface area contributed by atoms with Crippen molar-refractivity contribution in [1.29, 1.82) is 0 Å². The lowest BCUT2D eigenvalue weighted by atomic mass is 9.80. The van der Waals surface area contributed by atoms with Crippen LogP contribution in [0.1, 0.15) is 50.1 Å². The van der Waals surface area contributed by atoms with Gasteiger partial charge in [0.05, 0.1) is 5.69 Å². The van der Waals surface area contributed by atoms with Gasteiger partial charge in [0.25, 0.3) is 0 Å². The first-order valence-electron chi connectivity index (χ1n) is 7.21. The molecule has 1 fully saturated rings. The van der Waals surface area contributed by atoms with E-state index in [1.54, 1.807) is 0 Å². The van der Waals surface area contributed by atoms with E-state index in [2.05, 4.69) is 38.1 Å². The fourth-order valence-electron chi connectivity index (χ4n) is 3.12. The molecule has 1 N–H and O–H groups in total. The van der Waals surface area contributed by atoms with Crippen LogP contribution in [0.5, 0.6) is 0 Å². The van der Waals surface area contributed by atoms with E-state index in [9.17, 15) is 0 Å². The topological polar surface area (TPSA) is 29.9 Å². The Kier molecular flexibility index (Phi) is 4.10. The lowest BCUT2D eigenvalue weighted by Crippen LogP contribution is -2.39. The molecule has 0 bridgehead atoms. The molecule has 0 saturated heterocycles. The molecule has 2 rings (SSSR count). The minimum absolute atomic E-state index is 0.674. The van der Waals surface area contributed by atoms with Gasteiger partial charge >= 0.3 is 0 Å². The number of nitrogens with one attached hydrogen (secondary N) is 1. The third kappa shape index (κ3) is 2.77. The Morgan fingerprint density at radius 1 is 1.28 bits per heavy atom. The van der Waals surface area contributed by atoms with Crippen molar-refractivity contribution in [3.05, 3.63) is 17.0 Å². The van der Waals surface area contributed by atoms with Crippen molar-refractivity contribution in [1.82, 2.24) is 15.1 Å². The van der Waals surface area contributed by atoms with Gasteiger partial charge in [0, 0.05) is 30.9 Å². The fourth-order valence-corrected chi connectivity index (χ4v) is 3.12. The molecule has 102 valence electrons. The summed E-state index contributed by atoms with van der Waals surface area (Å²) < 4.78 is 1.99. The van der Waals surface area contributed by atoms with Crippen molar-refractivity contribution in [2.24, 2.45) is 18.9 Å². The van der Waals surface area contributed by atoms with Crippen molar-refractivity contribution in [3.63, 3.8) is 0 Å². The van der Waals surface area contributed by atoms with Crippen molar-refractivity contribution in [2.45, 2.75) is 59.5 Å². The van der Waals surface area contributed by atoms with Crippen LogP contribution >= 0.6 is 0 Å². The van der Waals surface area contributed by atoms with Crippen LogP contribution in [-0.4, -0.2) is 15.8 Å². The lowest BCUT2D eigenvalue weighted by Gasteiger charge is -2.33. The maximum atomic E-state index is 4.48. The smallest absolute Gasteiger partial charge is 0.0641 e. The molecule has 3 atom stereocenters. The Labute approximate surface area is 111 Å². The number of rotatable bonds is 3. The molecule has 0 aliphatic heterocycles. The molecule has 0 radical (unpaired) electrons. The number of nitrogens with zero attached hydrogens (tertiary/aromatic N) is 2. The monoisotopic (exact) mass is 249 g/mol. The second-order valence-electron chi connectivity index (χ2n) is 6.16. The van der Waals surface area contributed by atoms with Crippen LogP contribution < -0.4 is 5.32 Å². The van der Waals surface area contributed by atoms with Gasteiger partial charge in [-0.1, -0.05) is 20.3 Å². The van der Waals surface area contributed by atoms with Crippen LogP contribution in [-0.2, 0) is 13.6 Å². The SMILES string of the molecule is Cc1nn(C)c(C)c1CNC1CC(C)CCC1C. The van der Waals surface area contributed by atoms with Gasteiger partial charge in [0.2, 0.25) is 0 Å². The molecule has 0 spiro atoms. The number of aryl methyl sites for hydroxylation is 2. The first kappa shape index (κ1) is 13.6. The quantitative estimate of drug-likeness (QED) is 0.892. The van der Waals surface area contributed by atoms with Gasteiger partial charge in [-0.2, -0.15) is 5.10 Å². The summed E-state index contributed by atoms with van der Waals surface area (Å²) in [6.07, 6.45) is 4.08. The maximum absolute atomic E-state index is 4.48. The van der Waals surface area contributed by atoms with E-state index in [4.69, 9.17) is 0 Å². The third-order valence-corrected chi connectivity index (χ3v) is 4.66. The predicted molar refractivity (Wildman–Crippen MR) is 75.5 cm³/mol. The van der Waals surface area contributed by atoms with Gasteiger partial charge in [0.15, 0.2) is 0 Å². The predicted octanol–water partition coefficient (Wildman–Crippen LogP) is 2.95. The zero-order valence-corrected chi connectivity index (χ0v) is 12.5. The Balaban J connectivity index is 1.98. The highest BCUT2D eigenvalue weighted by molar-refractivity contribution is 5.24. The Morgan fingerprint density at radius 3 is 2.61 bits per heavy atom. The molecule has 1 aromatic rings. The van der Waals surface area contributed by atoms with Gasteiger partial charge in [-0.05, 0) is 38.5 Å². The molecule has 3 heteroatoms. The summed E-state index contributed by atoms with van der Waals surface area (Å²) >= 11 is 0. The summed E-state index contributed by atoms with van der Waals surface area (Å²) in [5, 5.41) is 8.24. The van der Waals surface area contributed by atoms with Gasteiger partial charge in [-0.15, -0.1) is 0 Å². The normalized spacial score (nSPS) is 28.6. The fraction of sp³-hybridized carbons (Fsp3) is 0.800. The zero-order chi connectivity index (χ0) is 13.3. The summed E-state index contributed by atoms with van der Waals surface area (Å²) in [5.74, 6) is 1.67. The van der Waals surface area contributed by atoms with E-state index in [-0.39, 0.29) is 0 Å². The van der Waals surface area contributed by atoms with Crippen LogP contribution in [0, 0.1) is 25.7 Å². The highest BCUT2D eigenvalue weighted by atomic mass is 15.3. The third-order valence-electron chi connectivity index (χ3n) is 4.66. The van der Waals surface area contributed by atoms with E-state index in [1.165, 1.54) is 36.2 Å². The lowest BCUT2D eigenvalue weighted by molar-refractivity contribution is 0.227. The van der Waals surface area contributed by atoms with Gasteiger partial charge in [0.1, 0.15) is 0 Å². The van der Waals surface area contributed by atoms with Crippen LogP contribution in [0.2, 0.25) is 0 Å². The first-order valence-corrected chi connectivity index (χ1v) is 7.21. The van der Waals surface area contributed by atoms with Gasteiger partial charge in [-0.3, -0.25) is 4.68 Å². The average Bonchev–Trinajstić information content (AvgIpc) is 2.55. The van der Waals surface area contributed by atoms with Crippen LogP contribution in [0.3, 0.4) is 0 Å². The molecule has 1 aliphatic carbocycles. The summed E-state index contributed by atoms with van der Waals surface area (Å²) in [5.41, 5.74) is 3.83. The van der Waals surface area contributed by atoms with Crippen molar-refractivity contribution >= 4 is 0 Å². The van der Waals surface area contributed by atoms with Crippen molar-refractivity contribution < 1.29 is 0 Å². The molecule has 18 heavy (non-hydrogen) atoms. The highest BCUT2D eigenvalue weighted by Crippen LogP contribution is 2.28. The summed E-state index contributed by atoms with van der Waals surface area (Å²) in [6.45, 7) is 9.99. The van der Waals surface area contributed by atoms with Crippen molar-refractivity contribution in [3.8, 4) is 0 Å². The second kappa shape index (κ2) is 5.43. The maximum Gasteiger partial charge on any atom is 0.0641 e. The van der Waals surface area contributed by atoms with E-state index < -0.39 is 0 Å². The first-order chi connectivity index (χ1) is 8.49. The van der Waals surface area contributed by atoms with E-state index in [0.717, 1.165) is 18.4 Å². The summed E-state index contributed by atoms with van der Waals surface area (Å²) in [7, 11) is 2.02. The molecule has 3 unspecified atom stereocenters. The van der Waals surface area contributed by atoms with Crippen molar-refractivity contribution in [2.75, 3.05) is 0 Å². The molecule has 0 amide bonds. The van der Waals surface area contributed by atoms with Crippen LogP contribution in [0.4, 0.5) is 0 Å². The minimum atomic E-state index is 0.674. The molecule has 1 heterocycles. The Bertz CT molecular complexity index is 408. The minimum Gasteiger partial charge on any atom is -0.310 e. The number of hydrogen-bond donors (Lipinski definition) is 1. The summed E-state index contributed by atoms with van der Waals surface area (Å²) in [4.78, 5) is 0. The second-order valence-corrected chi connectivity index (χ2v) is 6.16. The summed E-state index contributed by atoms with van der Waals surface area (Å²) in [6, 6.07) is 0.674. The number of hydrogen-bond acceptors (Lipinski definition) is 2. The Morgan fingerprint density at radius 2 is 2.00 bits per heavy atom. The Hall–Kier alpha value is -0.830. The molecular weight excluding hydrogens is 222 g/mol. The zero-order valence-electron chi connectivity index (χ0n) is 12.5. The van der Waals surface area contributed by atoms with Gasteiger partial charge in [-0.25, -0.2) is 0 Å². The molecule has 1 saturated carbocycles. The molecule has 1 aromatic heterocycles.